The molecule has 8 heteroatoms. The van der Waals surface area contributed by atoms with E-state index in [9.17, 15) is 0 Å². The molecule has 4 heterocycles. The molecule has 0 aliphatic carbocycles. The summed E-state index contributed by atoms with van der Waals surface area (Å²) >= 11 is 3.41. The molecule has 3 aromatic heterocycles. The lowest BCUT2D eigenvalue weighted by atomic mass is 10.2. The Morgan fingerprint density at radius 1 is 1.39 bits per heavy atom. The van der Waals surface area contributed by atoms with Crippen LogP contribution in [-0.4, -0.2) is 52.3 Å². The summed E-state index contributed by atoms with van der Waals surface area (Å²) in [6.07, 6.45) is 1.95. The standard InChI is InChI=1S/C15H19N5OS2/c1-11-10-20-15(17-11)23-14(18-20)16-9-12(13-3-2-8-22-13)19-4-6-21-7-5-19/h2-3,8,10,12H,4-7,9H2,1H3,(H,16,18). The second-order valence-corrected chi connectivity index (χ2v) is 7.51. The third-order valence-electron chi connectivity index (χ3n) is 3.97. The number of fused-ring (bicyclic) bond motifs is 1. The predicted octanol–water partition coefficient (Wildman–Crippen LogP) is 2.65. The maximum atomic E-state index is 5.49. The molecule has 23 heavy (non-hydrogen) atoms. The van der Waals surface area contributed by atoms with E-state index in [1.165, 1.54) is 4.88 Å². The molecule has 0 spiro atoms. The van der Waals surface area contributed by atoms with Crippen LogP contribution < -0.4 is 5.32 Å². The van der Waals surface area contributed by atoms with E-state index in [1.807, 2.05) is 29.0 Å². The van der Waals surface area contributed by atoms with Crippen LogP contribution in [0, 0.1) is 6.92 Å². The second-order valence-electron chi connectivity index (χ2n) is 5.58. The monoisotopic (exact) mass is 349 g/mol. The van der Waals surface area contributed by atoms with Crippen LogP contribution in [0.15, 0.2) is 23.7 Å². The van der Waals surface area contributed by atoms with Crippen LogP contribution >= 0.6 is 22.7 Å². The van der Waals surface area contributed by atoms with Gasteiger partial charge < -0.3 is 10.1 Å². The molecule has 3 aromatic rings. The average Bonchev–Trinajstić information content (AvgIpc) is 3.25. The van der Waals surface area contributed by atoms with Gasteiger partial charge in [0.2, 0.25) is 10.1 Å². The number of aromatic nitrogens is 3. The quantitative estimate of drug-likeness (QED) is 0.767. The molecular weight excluding hydrogens is 330 g/mol. The van der Waals surface area contributed by atoms with Crippen LogP contribution in [0.5, 0.6) is 0 Å². The van der Waals surface area contributed by atoms with Crippen LogP contribution in [0.3, 0.4) is 0 Å². The molecule has 1 fully saturated rings. The summed E-state index contributed by atoms with van der Waals surface area (Å²) in [7, 11) is 0. The Hall–Kier alpha value is -1.48. The van der Waals surface area contributed by atoms with Crippen molar-refractivity contribution >= 4 is 32.8 Å². The highest BCUT2D eigenvalue weighted by atomic mass is 32.1. The van der Waals surface area contributed by atoms with Crippen molar-refractivity contribution in [1.82, 2.24) is 19.5 Å². The SMILES string of the molecule is Cc1cn2nc(NCC(c3cccs3)N3CCOCC3)sc2n1. The van der Waals surface area contributed by atoms with Crippen LogP contribution in [-0.2, 0) is 4.74 Å². The molecule has 6 nitrogen and oxygen atoms in total. The third-order valence-corrected chi connectivity index (χ3v) is 5.82. The number of hydrogen-bond acceptors (Lipinski definition) is 7. The molecule has 0 radical (unpaired) electrons. The molecule has 0 bridgehead atoms. The zero-order valence-electron chi connectivity index (χ0n) is 12.9. The number of anilines is 1. The lowest BCUT2D eigenvalue weighted by Gasteiger charge is -2.34. The van der Waals surface area contributed by atoms with Crippen LogP contribution in [0.1, 0.15) is 16.6 Å². The maximum absolute atomic E-state index is 5.49. The fourth-order valence-electron chi connectivity index (χ4n) is 2.84. The van der Waals surface area contributed by atoms with Gasteiger partial charge in [0.1, 0.15) is 0 Å². The van der Waals surface area contributed by atoms with Gasteiger partial charge in [0, 0.05) is 24.5 Å². The van der Waals surface area contributed by atoms with E-state index >= 15 is 0 Å². The minimum absolute atomic E-state index is 0.358. The first kappa shape index (κ1) is 15.1. The Labute approximate surface area is 142 Å². The molecule has 1 unspecified atom stereocenters. The summed E-state index contributed by atoms with van der Waals surface area (Å²) in [4.78, 5) is 9.27. The van der Waals surface area contributed by atoms with Crippen molar-refractivity contribution in [3.63, 3.8) is 0 Å². The van der Waals surface area contributed by atoms with Gasteiger partial charge in [-0.1, -0.05) is 17.4 Å². The number of thiophene rings is 1. The van der Waals surface area contributed by atoms with E-state index in [2.05, 4.69) is 37.8 Å². The number of rotatable bonds is 5. The first-order valence-corrected chi connectivity index (χ1v) is 9.41. The molecule has 1 saturated heterocycles. The Kier molecular flexibility index (Phi) is 4.30. The van der Waals surface area contributed by atoms with Gasteiger partial charge in [0.05, 0.1) is 31.1 Å². The van der Waals surface area contributed by atoms with Gasteiger partial charge in [-0.3, -0.25) is 4.90 Å². The number of nitrogens with one attached hydrogen (secondary N) is 1. The zero-order valence-corrected chi connectivity index (χ0v) is 14.6. The van der Waals surface area contributed by atoms with Crippen LogP contribution in [0.25, 0.3) is 4.96 Å². The molecule has 0 aromatic carbocycles. The average molecular weight is 349 g/mol. The fourth-order valence-corrected chi connectivity index (χ4v) is 4.54. The fraction of sp³-hybridized carbons (Fsp3) is 0.467. The lowest BCUT2D eigenvalue weighted by molar-refractivity contribution is 0.0194. The molecule has 1 N–H and O–H groups in total. The normalized spacial score (nSPS) is 17.6. The summed E-state index contributed by atoms with van der Waals surface area (Å²) < 4.78 is 7.33. The van der Waals surface area contributed by atoms with Crippen molar-refractivity contribution in [2.24, 2.45) is 0 Å². The highest BCUT2D eigenvalue weighted by Crippen LogP contribution is 2.27. The highest BCUT2D eigenvalue weighted by molar-refractivity contribution is 7.20. The van der Waals surface area contributed by atoms with Crippen molar-refractivity contribution in [1.29, 1.82) is 0 Å². The van der Waals surface area contributed by atoms with Crippen molar-refractivity contribution in [3.8, 4) is 0 Å². The van der Waals surface area contributed by atoms with E-state index in [0.717, 1.165) is 48.6 Å². The van der Waals surface area contributed by atoms with Crippen molar-refractivity contribution in [2.75, 3.05) is 38.2 Å². The third kappa shape index (κ3) is 3.25. The number of aryl methyl sites for hydroxylation is 1. The first-order valence-electron chi connectivity index (χ1n) is 7.71. The van der Waals surface area contributed by atoms with Crippen LogP contribution in [0.2, 0.25) is 0 Å². The molecule has 4 rings (SSSR count). The Bertz CT molecular complexity index is 729. The number of hydrogen-bond donors (Lipinski definition) is 1. The van der Waals surface area contributed by atoms with Gasteiger partial charge in [0.15, 0.2) is 0 Å². The summed E-state index contributed by atoms with van der Waals surface area (Å²) in [5.41, 5.74) is 1.00. The lowest BCUT2D eigenvalue weighted by Crippen LogP contribution is -2.41. The van der Waals surface area contributed by atoms with Gasteiger partial charge >= 0.3 is 0 Å². The number of nitrogens with zero attached hydrogens (tertiary/aromatic N) is 4. The number of morpholine rings is 1. The molecule has 122 valence electrons. The van der Waals surface area contributed by atoms with Crippen molar-refractivity contribution in [3.05, 3.63) is 34.3 Å². The predicted molar refractivity (Wildman–Crippen MR) is 93.5 cm³/mol. The Morgan fingerprint density at radius 2 is 2.26 bits per heavy atom. The molecule has 1 aliphatic rings. The van der Waals surface area contributed by atoms with Gasteiger partial charge in [-0.15, -0.1) is 16.4 Å². The van der Waals surface area contributed by atoms with Crippen molar-refractivity contribution < 1.29 is 4.74 Å². The number of imidazole rings is 1. The van der Waals surface area contributed by atoms with Gasteiger partial charge in [-0.25, -0.2) is 9.50 Å². The molecule has 1 aliphatic heterocycles. The smallest absolute Gasteiger partial charge is 0.214 e. The Balaban J connectivity index is 1.49. The Morgan fingerprint density at radius 3 is 3.00 bits per heavy atom. The van der Waals surface area contributed by atoms with Crippen LogP contribution in [0.4, 0.5) is 5.13 Å². The minimum atomic E-state index is 0.358. The zero-order chi connectivity index (χ0) is 15.6. The molecule has 0 amide bonds. The van der Waals surface area contributed by atoms with E-state index < -0.39 is 0 Å². The molecule has 1 atom stereocenters. The number of ether oxygens (including phenoxy) is 1. The van der Waals surface area contributed by atoms with Gasteiger partial charge in [0.25, 0.3) is 0 Å². The summed E-state index contributed by atoms with van der Waals surface area (Å²) in [5, 5.41) is 11.1. The maximum Gasteiger partial charge on any atom is 0.214 e. The highest BCUT2D eigenvalue weighted by Gasteiger charge is 2.23. The van der Waals surface area contributed by atoms with Gasteiger partial charge in [-0.2, -0.15) is 0 Å². The topological polar surface area (TPSA) is 54.7 Å². The molecular formula is C15H19N5OS2. The summed E-state index contributed by atoms with van der Waals surface area (Å²) in [5.74, 6) is 0. The summed E-state index contributed by atoms with van der Waals surface area (Å²) in [6.45, 7) is 6.41. The molecule has 0 saturated carbocycles. The van der Waals surface area contributed by atoms with Crippen molar-refractivity contribution in [2.45, 2.75) is 13.0 Å². The summed E-state index contributed by atoms with van der Waals surface area (Å²) in [6, 6.07) is 4.69. The minimum Gasteiger partial charge on any atom is -0.379 e. The second kappa shape index (κ2) is 6.56. The van der Waals surface area contributed by atoms with E-state index in [-0.39, 0.29) is 0 Å². The van der Waals surface area contributed by atoms with Gasteiger partial charge in [-0.05, 0) is 18.4 Å². The first-order chi connectivity index (χ1) is 11.3. The van der Waals surface area contributed by atoms with E-state index in [4.69, 9.17) is 4.74 Å². The van der Waals surface area contributed by atoms with E-state index in [0.29, 0.717) is 6.04 Å². The largest absolute Gasteiger partial charge is 0.379 e. The van der Waals surface area contributed by atoms with E-state index in [1.54, 1.807) is 11.3 Å².